The molecule has 1 aromatic rings. The van der Waals surface area contributed by atoms with Crippen LogP contribution < -0.4 is 15.2 Å². The van der Waals surface area contributed by atoms with Crippen molar-refractivity contribution in [3.05, 3.63) is 23.8 Å². The largest absolute Gasteiger partial charge is 0.454 e. The maximum absolute atomic E-state index is 6.02. The number of hydrogen-bond donors (Lipinski definition) is 1. The van der Waals surface area contributed by atoms with Gasteiger partial charge in [0.1, 0.15) is 0 Å². The van der Waals surface area contributed by atoms with E-state index in [2.05, 4.69) is 24.0 Å². The molecule has 5 heteroatoms. The highest BCUT2D eigenvalue weighted by Gasteiger charge is 2.25. The van der Waals surface area contributed by atoms with Gasteiger partial charge in [0.15, 0.2) is 11.5 Å². The lowest BCUT2D eigenvalue weighted by Gasteiger charge is -2.31. The van der Waals surface area contributed by atoms with Gasteiger partial charge in [0.2, 0.25) is 6.79 Å². The van der Waals surface area contributed by atoms with Crippen LogP contribution in [0.5, 0.6) is 11.5 Å². The average molecular weight is 278 g/mol. The Labute approximate surface area is 119 Å². The van der Waals surface area contributed by atoms with E-state index in [1.165, 1.54) is 5.56 Å². The predicted octanol–water partition coefficient (Wildman–Crippen LogP) is 1.53. The fraction of sp³-hybridized carbons (Fsp3) is 0.600. The third-order valence-electron chi connectivity index (χ3n) is 3.93. The van der Waals surface area contributed by atoms with Crippen LogP contribution in [-0.4, -0.2) is 44.0 Å². The fourth-order valence-corrected chi connectivity index (χ4v) is 2.93. The predicted molar refractivity (Wildman–Crippen MR) is 76.0 cm³/mol. The van der Waals surface area contributed by atoms with Crippen molar-refractivity contribution < 1.29 is 14.2 Å². The van der Waals surface area contributed by atoms with Gasteiger partial charge < -0.3 is 19.9 Å². The lowest BCUT2D eigenvalue weighted by Crippen LogP contribution is -2.37. The van der Waals surface area contributed by atoms with Crippen molar-refractivity contribution in [3.8, 4) is 11.5 Å². The van der Waals surface area contributed by atoms with Crippen molar-refractivity contribution >= 4 is 0 Å². The van der Waals surface area contributed by atoms with Gasteiger partial charge in [-0.1, -0.05) is 6.07 Å². The Morgan fingerprint density at radius 3 is 3.05 bits per heavy atom. The van der Waals surface area contributed by atoms with E-state index in [4.69, 9.17) is 19.9 Å². The molecular weight excluding hydrogens is 256 g/mol. The number of benzene rings is 1. The van der Waals surface area contributed by atoms with Crippen LogP contribution in [0.1, 0.15) is 24.9 Å². The van der Waals surface area contributed by atoms with Crippen LogP contribution in [0.25, 0.3) is 0 Å². The van der Waals surface area contributed by atoms with Gasteiger partial charge in [-0.3, -0.25) is 4.90 Å². The SMILES string of the molecule is CC1CN(C(CN)c2ccc3c(c2)OCO3)CCCO1. The molecule has 0 bridgehead atoms. The Hall–Kier alpha value is -1.30. The molecule has 0 aliphatic carbocycles. The fourth-order valence-electron chi connectivity index (χ4n) is 2.93. The first kappa shape index (κ1) is 13.7. The summed E-state index contributed by atoms with van der Waals surface area (Å²) in [6.07, 6.45) is 1.30. The highest BCUT2D eigenvalue weighted by atomic mass is 16.7. The number of rotatable bonds is 3. The van der Waals surface area contributed by atoms with Crippen LogP contribution in [-0.2, 0) is 4.74 Å². The molecule has 0 saturated carbocycles. The van der Waals surface area contributed by atoms with Crippen molar-refractivity contribution in [1.82, 2.24) is 4.90 Å². The normalized spacial score (nSPS) is 24.4. The molecular formula is C15H22N2O3. The molecule has 0 radical (unpaired) electrons. The highest BCUT2D eigenvalue weighted by Crippen LogP contribution is 2.35. The monoisotopic (exact) mass is 278 g/mol. The van der Waals surface area contributed by atoms with E-state index in [1.54, 1.807) is 0 Å². The van der Waals surface area contributed by atoms with Gasteiger partial charge in [0.05, 0.1) is 6.10 Å². The summed E-state index contributed by atoms with van der Waals surface area (Å²) >= 11 is 0. The van der Waals surface area contributed by atoms with E-state index in [-0.39, 0.29) is 12.1 Å². The first-order valence-corrected chi connectivity index (χ1v) is 7.23. The third kappa shape index (κ3) is 2.75. The standard InChI is InChI=1S/C15H22N2O3/c1-11-9-17(5-2-6-18-11)13(8-16)12-3-4-14-15(7-12)20-10-19-14/h3-4,7,11,13H,2,5-6,8-10,16H2,1H3. The van der Waals surface area contributed by atoms with Crippen molar-refractivity contribution in [2.75, 3.05) is 33.0 Å². The Kier molecular flexibility index (Phi) is 4.10. The topological polar surface area (TPSA) is 57.0 Å². The molecule has 1 aromatic carbocycles. The number of ether oxygens (including phenoxy) is 3. The number of fused-ring (bicyclic) bond motifs is 1. The summed E-state index contributed by atoms with van der Waals surface area (Å²) < 4.78 is 16.5. The average Bonchev–Trinajstić information content (AvgIpc) is 2.81. The summed E-state index contributed by atoms with van der Waals surface area (Å²) in [5, 5.41) is 0. The first-order valence-electron chi connectivity index (χ1n) is 7.23. The minimum absolute atomic E-state index is 0.202. The van der Waals surface area contributed by atoms with Crippen molar-refractivity contribution in [2.24, 2.45) is 5.73 Å². The number of nitrogens with zero attached hydrogens (tertiary/aromatic N) is 1. The number of nitrogens with two attached hydrogens (primary N) is 1. The van der Waals surface area contributed by atoms with Crippen LogP contribution >= 0.6 is 0 Å². The zero-order chi connectivity index (χ0) is 13.9. The van der Waals surface area contributed by atoms with E-state index in [9.17, 15) is 0 Å². The van der Waals surface area contributed by atoms with Crippen LogP contribution in [0.4, 0.5) is 0 Å². The van der Waals surface area contributed by atoms with Gasteiger partial charge >= 0.3 is 0 Å². The van der Waals surface area contributed by atoms with Gasteiger partial charge in [0, 0.05) is 32.3 Å². The van der Waals surface area contributed by atoms with Crippen molar-refractivity contribution in [2.45, 2.75) is 25.5 Å². The maximum atomic E-state index is 6.02. The molecule has 0 spiro atoms. The summed E-state index contributed by atoms with van der Waals surface area (Å²) in [4.78, 5) is 2.41. The Bertz CT molecular complexity index is 466. The van der Waals surface area contributed by atoms with E-state index in [0.717, 1.165) is 37.6 Å². The molecule has 2 aliphatic heterocycles. The molecule has 2 N–H and O–H groups in total. The van der Waals surface area contributed by atoms with Gasteiger partial charge in [-0.2, -0.15) is 0 Å². The van der Waals surface area contributed by atoms with Crippen molar-refractivity contribution in [3.63, 3.8) is 0 Å². The van der Waals surface area contributed by atoms with Crippen LogP contribution in [0.15, 0.2) is 18.2 Å². The second kappa shape index (κ2) is 5.99. The molecule has 1 fully saturated rings. The highest BCUT2D eigenvalue weighted by molar-refractivity contribution is 5.45. The molecule has 3 rings (SSSR count). The lowest BCUT2D eigenvalue weighted by molar-refractivity contribution is 0.0611. The molecule has 0 aromatic heterocycles. The second-order valence-corrected chi connectivity index (χ2v) is 5.39. The maximum Gasteiger partial charge on any atom is 0.231 e. The zero-order valence-corrected chi connectivity index (χ0v) is 11.9. The molecule has 0 amide bonds. The van der Waals surface area contributed by atoms with E-state index >= 15 is 0 Å². The summed E-state index contributed by atoms with van der Waals surface area (Å²) in [5.41, 5.74) is 7.21. The molecule has 20 heavy (non-hydrogen) atoms. The van der Waals surface area contributed by atoms with E-state index < -0.39 is 0 Å². The molecule has 2 unspecified atom stereocenters. The van der Waals surface area contributed by atoms with E-state index in [0.29, 0.717) is 13.3 Å². The minimum Gasteiger partial charge on any atom is -0.454 e. The summed E-state index contributed by atoms with van der Waals surface area (Å²) in [6.45, 7) is 5.77. The second-order valence-electron chi connectivity index (χ2n) is 5.39. The molecule has 2 aliphatic rings. The summed E-state index contributed by atoms with van der Waals surface area (Å²) in [7, 11) is 0. The van der Waals surface area contributed by atoms with Gasteiger partial charge in [-0.15, -0.1) is 0 Å². The third-order valence-corrected chi connectivity index (χ3v) is 3.93. The van der Waals surface area contributed by atoms with Crippen LogP contribution in [0, 0.1) is 0 Å². The number of hydrogen-bond acceptors (Lipinski definition) is 5. The van der Waals surface area contributed by atoms with Crippen molar-refractivity contribution in [1.29, 1.82) is 0 Å². The minimum atomic E-state index is 0.202. The molecule has 1 saturated heterocycles. The van der Waals surface area contributed by atoms with Crippen LogP contribution in [0.3, 0.4) is 0 Å². The van der Waals surface area contributed by atoms with Gasteiger partial charge in [-0.25, -0.2) is 0 Å². The smallest absolute Gasteiger partial charge is 0.231 e. The molecule has 5 nitrogen and oxygen atoms in total. The van der Waals surface area contributed by atoms with Gasteiger partial charge in [0.25, 0.3) is 0 Å². The van der Waals surface area contributed by atoms with E-state index in [1.807, 2.05) is 6.07 Å². The first-order chi connectivity index (χ1) is 9.78. The summed E-state index contributed by atoms with van der Waals surface area (Å²) in [6, 6.07) is 6.31. The van der Waals surface area contributed by atoms with Crippen LogP contribution in [0.2, 0.25) is 0 Å². The Morgan fingerprint density at radius 2 is 2.20 bits per heavy atom. The zero-order valence-electron chi connectivity index (χ0n) is 11.9. The summed E-state index contributed by atoms with van der Waals surface area (Å²) in [5.74, 6) is 1.64. The lowest BCUT2D eigenvalue weighted by atomic mass is 10.0. The van der Waals surface area contributed by atoms with Gasteiger partial charge in [-0.05, 0) is 31.0 Å². The molecule has 110 valence electrons. The molecule has 2 atom stereocenters. The Morgan fingerprint density at radius 1 is 1.35 bits per heavy atom. The molecule has 2 heterocycles. The quantitative estimate of drug-likeness (QED) is 0.908. The Balaban J connectivity index is 1.81.